The molecule has 2 heterocycles. The second-order valence-corrected chi connectivity index (χ2v) is 8.06. The predicted molar refractivity (Wildman–Crippen MR) is 108 cm³/mol. The lowest BCUT2D eigenvalue weighted by Crippen LogP contribution is -2.42. The molecule has 1 amide bonds. The summed E-state index contributed by atoms with van der Waals surface area (Å²) in [6.45, 7) is 4.35. The Bertz CT molecular complexity index is 828. The van der Waals surface area contributed by atoms with Crippen LogP contribution in [0.3, 0.4) is 0 Å². The SMILES string of the molecule is CC(C)(O)c1cc(Cc2ccc(Cl)cc2)nc(NC2CCN(C(=O)O)CC2)n1. The molecule has 0 aliphatic carbocycles. The van der Waals surface area contributed by atoms with Crippen molar-refractivity contribution in [2.75, 3.05) is 18.4 Å². The monoisotopic (exact) mass is 404 g/mol. The van der Waals surface area contributed by atoms with Crippen molar-refractivity contribution < 1.29 is 15.0 Å². The molecule has 1 saturated heterocycles. The summed E-state index contributed by atoms with van der Waals surface area (Å²) in [5.41, 5.74) is 1.29. The Balaban J connectivity index is 1.78. The van der Waals surface area contributed by atoms with Crippen LogP contribution in [0.25, 0.3) is 0 Å². The lowest BCUT2D eigenvalue weighted by molar-refractivity contribution is 0.0737. The number of hydrogen-bond donors (Lipinski definition) is 3. The third-order valence-corrected chi connectivity index (χ3v) is 5.06. The molecule has 1 aliphatic heterocycles. The number of nitrogens with one attached hydrogen (secondary N) is 1. The van der Waals surface area contributed by atoms with Crippen molar-refractivity contribution in [3.05, 3.63) is 52.3 Å². The van der Waals surface area contributed by atoms with Gasteiger partial charge in [-0.15, -0.1) is 0 Å². The fourth-order valence-electron chi connectivity index (χ4n) is 3.18. The van der Waals surface area contributed by atoms with Crippen LogP contribution in [0, 0.1) is 0 Å². The van der Waals surface area contributed by atoms with E-state index >= 15 is 0 Å². The molecule has 0 unspecified atom stereocenters. The predicted octanol–water partition coefficient (Wildman–Crippen LogP) is 3.50. The first-order chi connectivity index (χ1) is 13.2. The van der Waals surface area contributed by atoms with Gasteiger partial charge in [0.05, 0.1) is 11.4 Å². The number of aliphatic hydroxyl groups is 1. The van der Waals surface area contributed by atoms with E-state index in [0.29, 0.717) is 49.0 Å². The number of halogens is 1. The minimum absolute atomic E-state index is 0.0936. The lowest BCUT2D eigenvalue weighted by atomic mass is 10.0. The van der Waals surface area contributed by atoms with E-state index in [1.165, 1.54) is 4.90 Å². The zero-order valence-electron chi connectivity index (χ0n) is 16.0. The maximum Gasteiger partial charge on any atom is 0.407 e. The molecule has 0 atom stereocenters. The van der Waals surface area contributed by atoms with Crippen LogP contribution in [0.15, 0.2) is 30.3 Å². The van der Waals surface area contributed by atoms with Crippen LogP contribution in [-0.4, -0.2) is 50.3 Å². The van der Waals surface area contributed by atoms with Crippen LogP contribution in [-0.2, 0) is 12.0 Å². The first-order valence-electron chi connectivity index (χ1n) is 9.30. The number of nitrogens with zero attached hydrogens (tertiary/aromatic N) is 3. The van der Waals surface area contributed by atoms with Crippen molar-refractivity contribution in [2.45, 2.75) is 44.8 Å². The molecule has 0 radical (unpaired) electrons. The van der Waals surface area contributed by atoms with Gasteiger partial charge in [0.25, 0.3) is 0 Å². The fourth-order valence-corrected chi connectivity index (χ4v) is 3.30. The zero-order valence-corrected chi connectivity index (χ0v) is 16.8. The minimum Gasteiger partial charge on any atom is -0.465 e. The number of anilines is 1. The molecule has 1 aromatic carbocycles. The standard InChI is InChI=1S/C20H25ClN4O3/c1-20(2,28)17-12-16(11-13-3-5-14(21)6-4-13)23-18(24-17)22-15-7-9-25(10-8-15)19(26)27/h3-6,12,15,28H,7-11H2,1-2H3,(H,26,27)(H,22,23,24). The van der Waals surface area contributed by atoms with Gasteiger partial charge in [-0.2, -0.15) is 0 Å². The third kappa shape index (κ3) is 5.33. The smallest absolute Gasteiger partial charge is 0.407 e. The molecule has 3 N–H and O–H groups in total. The van der Waals surface area contributed by atoms with Crippen molar-refractivity contribution >= 4 is 23.6 Å². The van der Waals surface area contributed by atoms with Gasteiger partial charge >= 0.3 is 6.09 Å². The molecule has 150 valence electrons. The third-order valence-electron chi connectivity index (χ3n) is 4.80. The number of aromatic nitrogens is 2. The average molecular weight is 405 g/mol. The van der Waals surface area contributed by atoms with E-state index < -0.39 is 11.7 Å². The Kier molecular flexibility index (Phi) is 6.05. The quantitative estimate of drug-likeness (QED) is 0.705. The Morgan fingerprint density at radius 1 is 1.25 bits per heavy atom. The highest BCUT2D eigenvalue weighted by atomic mass is 35.5. The summed E-state index contributed by atoms with van der Waals surface area (Å²) < 4.78 is 0. The second kappa shape index (κ2) is 8.32. The summed E-state index contributed by atoms with van der Waals surface area (Å²) in [5.74, 6) is 0.456. The highest BCUT2D eigenvalue weighted by Crippen LogP contribution is 2.23. The molecule has 7 nitrogen and oxygen atoms in total. The van der Waals surface area contributed by atoms with Gasteiger partial charge in [-0.1, -0.05) is 23.7 Å². The lowest BCUT2D eigenvalue weighted by Gasteiger charge is -2.30. The first kappa shape index (κ1) is 20.4. The Morgan fingerprint density at radius 2 is 1.89 bits per heavy atom. The summed E-state index contributed by atoms with van der Waals surface area (Å²) in [5, 5.41) is 23.5. The van der Waals surface area contributed by atoms with Gasteiger partial charge in [0.15, 0.2) is 0 Å². The molecule has 1 aromatic heterocycles. The number of benzene rings is 1. The van der Waals surface area contributed by atoms with Crippen LogP contribution in [0.4, 0.5) is 10.7 Å². The number of likely N-dealkylation sites (tertiary alicyclic amines) is 1. The van der Waals surface area contributed by atoms with Gasteiger partial charge < -0.3 is 20.4 Å². The molecular formula is C20H25ClN4O3. The summed E-state index contributed by atoms with van der Waals surface area (Å²) in [6, 6.07) is 9.48. The summed E-state index contributed by atoms with van der Waals surface area (Å²) in [7, 11) is 0. The number of amides is 1. The van der Waals surface area contributed by atoms with E-state index in [-0.39, 0.29) is 6.04 Å². The molecule has 8 heteroatoms. The highest BCUT2D eigenvalue weighted by Gasteiger charge is 2.24. The topological polar surface area (TPSA) is 98.6 Å². The maximum absolute atomic E-state index is 11.1. The minimum atomic E-state index is -1.10. The second-order valence-electron chi connectivity index (χ2n) is 7.62. The molecule has 3 rings (SSSR count). The number of carbonyl (C=O) groups is 1. The van der Waals surface area contributed by atoms with Gasteiger partial charge in [-0.05, 0) is 50.5 Å². The Labute approximate surface area is 169 Å². The molecule has 0 spiro atoms. The Hall–Kier alpha value is -2.38. The van der Waals surface area contributed by atoms with E-state index in [2.05, 4.69) is 15.3 Å². The zero-order chi connectivity index (χ0) is 20.3. The molecule has 0 bridgehead atoms. The molecule has 0 saturated carbocycles. The summed E-state index contributed by atoms with van der Waals surface area (Å²) >= 11 is 5.95. The first-order valence-corrected chi connectivity index (χ1v) is 9.68. The number of piperidine rings is 1. The fraction of sp³-hybridized carbons (Fsp3) is 0.450. The Morgan fingerprint density at radius 3 is 2.46 bits per heavy atom. The molecule has 1 fully saturated rings. The van der Waals surface area contributed by atoms with E-state index in [4.69, 9.17) is 16.7 Å². The van der Waals surface area contributed by atoms with Crippen LogP contribution in [0.2, 0.25) is 5.02 Å². The number of carboxylic acid groups (broad SMARTS) is 1. The van der Waals surface area contributed by atoms with Crippen molar-refractivity contribution in [3.8, 4) is 0 Å². The summed E-state index contributed by atoms with van der Waals surface area (Å²) in [4.78, 5) is 21.6. The van der Waals surface area contributed by atoms with E-state index in [0.717, 1.165) is 11.3 Å². The number of hydrogen-bond acceptors (Lipinski definition) is 5. The largest absolute Gasteiger partial charge is 0.465 e. The van der Waals surface area contributed by atoms with Crippen LogP contribution in [0.1, 0.15) is 43.6 Å². The molecular weight excluding hydrogens is 380 g/mol. The van der Waals surface area contributed by atoms with Gasteiger partial charge in [0.2, 0.25) is 5.95 Å². The van der Waals surface area contributed by atoms with Crippen LogP contribution >= 0.6 is 11.6 Å². The molecule has 28 heavy (non-hydrogen) atoms. The molecule has 2 aromatic rings. The highest BCUT2D eigenvalue weighted by molar-refractivity contribution is 6.30. The average Bonchev–Trinajstić information content (AvgIpc) is 2.63. The van der Waals surface area contributed by atoms with E-state index in [1.807, 2.05) is 30.3 Å². The normalized spacial score (nSPS) is 15.5. The van der Waals surface area contributed by atoms with Gasteiger partial charge in [-0.25, -0.2) is 14.8 Å². The van der Waals surface area contributed by atoms with Crippen molar-refractivity contribution in [3.63, 3.8) is 0 Å². The number of rotatable bonds is 5. The van der Waals surface area contributed by atoms with Gasteiger partial charge in [0, 0.05) is 30.6 Å². The summed E-state index contributed by atoms with van der Waals surface area (Å²) in [6.07, 6.45) is 1.09. The van der Waals surface area contributed by atoms with Crippen LogP contribution in [0.5, 0.6) is 0 Å². The van der Waals surface area contributed by atoms with Crippen LogP contribution < -0.4 is 5.32 Å². The van der Waals surface area contributed by atoms with Crippen molar-refractivity contribution in [1.29, 1.82) is 0 Å². The van der Waals surface area contributed by atoms with Gasteiger partial charge in [-0.3, -0.25) is 0 Å². The van der Waals surface area contributed by atoms with E-state index in [9.17, 15) is 9.90 Å². The van der Waals surface area contributed by atoms with Crippen molar-refractivity contribution in [1.82, 2.24) is 14.9 Å². The molecule has 1 aliphatic rings. The maximum atomic E-state index is 11.1. The van der Waals surface area contributed by atoms with E-state index in [1.54, 1.807) is 13.8 Å². The van der Waals surface area contributed by atoms with Gasteiger partial charge in [0.1, 0.15) is 5.60 Å². The van der Waals surface area contributed by atoms with Crippen molar-refractivity contribution in [2.24, 2.45) is 0 Å².